The van der Waals surface area contributed by atoms with E-state index in [2.05, 4.69) is 79.0 Å². The van der Waals surface area contributed by atoms with Gasteiger partial charge in [0.1, 0.15) is 0 Å². The number of halogens is 3. The molecule has 0 fully saturated rings. The number of hydrogen-bond acceptors (Lipinski definition) is 1. The van der Waals surface area contributed by atoms with Crippen LogP contribution in [0.3, 0.4) is 0 Å². The second-order valence-electron chi connectivity index (χ2n) is 4.56. The van der Waals surface area contributed by atoms with Crippen LogP contribution in [0.1, 0.15) is 22.3 Å². The maximum atomic E-state index is 8.46. The highest BCUT2D eigenvalue weighted by Gasteiger charge is 2.00. The van der Waals surface area contributed by atoms with Crippen LogP contribution in [0.15, 0.2) is 45.3 Å². The highest BCUT2D eigenvalue weighted by atomic mass is 79.9. The minimum Gasteiger partial charge on any atom is -0.198 e. The van der Waals surface area contributed by atoms with Crippen molar-refractivity contribution < 1.29 is 0 Å². The number of hydrogen-bond donors (Lipinski definition) is 0. The molecule has 21 heavy (non-hydrogen) atoms. The lowest BCUT2D eigenvalue weighted by atomic mass is 10.1. The van der Waals surface area contributed by atoms with Gasteiger partial charge in [-0.15, -0.1) is 0 Å². The largest absolute Gasteiger partial charge is 0.198 e. The first-order valence-corrected chi connectivity index (χ1v) is 9.12. The summed E-state index contributed by atoms with van der Waals surface area (Å²) in [5.74, 6) is 0. The Balaban J connectivity index is 0.000000211. The fraction of sp³-hybridized carbons (Fsp3) is 0.235. The maximum Gasteiger partial charge on any atom is 0.0670 e. The highest BCUT2D eigenvalue weighted by Crippen LogP contribution is 2.22. The van der Waals surface area contributed by atoms with Gasteiger partial charge in [0, 0.05) is 14.3 Å². The van der Waals surface area contributed by atoms with Crippen molar-refractivity contribution in [3.63, 3.8) is 0 Å². The van der Waals surface area contributed by atoms with Crippen LogP contribution in [-0.2, 0) is 11.8 Å². The monoisotopic (exact) mass is 471 g/mol. The molecule has 0 aliphatic carbocycles. The molecule has 2 aromatic rings. The summed E-state index contributed by atoms with van der Waals surface area (Å²) < 4.78 is 2.27. The van der Waals surface area contributed by atoms with Gasteiger partial charge in [-0.05, 0) is 36.1 Å². The Labute approximate surface area is 151 Å². The summed E-state index contributed by atoms with van der Waals surface area (Å²) in [4.78, 5) is 0. The smallest absolute Gasteiger partial charge is 0.0670 e. The number of nitrogens with zero attached hydrogens (tertiary/aromatic N) is 1. The standard InChI is InChI=1S/C9H8BrN.C8H8Br2/c1-7-3-2-4-8(5-6-11)9(7)10;1-6-3-2-4-7(5-9)8(6)10/h2-4H,5H2,1H3;2-4H,5H2,1H3. The van der Waals surface area contributed by atoms with E-state index in [9.17, 15) is 0 Å². The lowest BCUT2D eigenvalue weighted by Gasteiger charge is -2.01. The van der Waals surface area contributed by atoms with E-state index in [0.717, 1.165) is 15.4 Å². The molecule has 0 unspecified atom stereocenters. The lowest BCUT2D eigenvalue weighted by Crippen LogP contribution is -1.85. The van der Waals surface area contributed by atoms with Crippen molar-refractivity contribution in [1.82, 2.24) is 0 Å². The third-order valence-electron chi connectivity index (χ3n) is 2.96. The molecule has 0 amide bonds. The molecule has 2 rings (SSSR count). The Morgan fingerprint density at radius 1 is 0.905 bits per heavy atom. The predicted molar refractivity (Wildman–Crippen MR) is 99.7 cm³/mol. The zero-order valence-electron chi connectivity index (χ0n) is 12.0. The quantitative estimate of drug-likeness (QED) is 0.458. The molecule has 0 saturated carbocycles. The molecule has 0 atom stereocenters. The van der Waals surface area contributed by atoms with E-state index in [1.54, 1.807) is 0 Å². The van der Waals surface area contributed by atoms with Crippen LogP contribution in [0, 0.1) is 25.2 Å². The van der Waals surface area contributed by atoms with Crippen LogP contribution in [0.25, 0.3) is 0 Å². The van der Waals surface area contributed by atoms with Crippen LogP contribution in [0.4, 0.5) is 0 Å². The fourth-order valence-corrected chi connectivity index (χ4v) is 3.39. The van der Waals surface area contributed by atoms with Gasteiger partial charge in [-0.3, -0.25) is 0 Å². The second kappa shape index (κ2) is 9.40. The molecule has 110 valence electrons. The lowest BCUT2D eigenvalue weighted by molar-refractivity contribution is 1.22. The van der Waals surface area contributed by atoms with Gasteiger partial charge in [0.15, 0.2) is 0 Å². The minimum atomic E-state index is 0.474. The van der Waals surface area contributed by atoms with E-state index in [1.807, 2.05) is 25.1 Å². The van der Waals surface area contributed by atoms with E-state index in [4.69, 9.17) is 5.26 Å². The summed E-state index contributed by atoms with van der Waals surface area (Å²) in [6, 6.07) is 14.3. The Bertz CT molecular complexity index is 645. The third kappa shape index (κ3) is 5.58. The van der Waals surface area contributed by atoms with Crippen molar-refractivity contribution in [1.29, 1.82) is 5.26 Å². The van der Waals surface area contributed by atoms with Gasteiger partial charge >= 0.3 is 0 Å². The van der Waals surface area contributed by atoms with E-state index in [-0.39, 0.29) is 0 Å². The summed E-state index contributed by atoms with van der Waals surface area (Å²) in [6.07, 6.45) is 0.474. The average molecular weight is 474 g/mol. The molecular weight excluding hydrogens is 458 g/mol. The van der Waals surface area contributed by atoms with Gasteiger partial charge < -0.3 is 0 Å². The molecule has 0 radical (unpaired) electrons. The molecule has 0 saturated heterocycles. The number of nitriles is 1. The van der Waals surface area contributed by atoms with E-state index in [1.165, 1.54) is 21.2 Å². The number of alkyl halides is 1. The van der Waals surface area contributed by atoms with Gasteiger partial charge in [-0.1, -0.05) is 84.2 Å². The first kappa shape index (κ1) is 18.4. The molecule has 1 nitrogen and oxygen atoms in total. The molecule has 0 heterocycles. The topological polar surface area (TPSA) is 23.8 Å². The third-order valence-corrected chi connectivity index (χ3v) is 5.83. The molecule has 0 N–H and O–H groups in total. The van der Waals surface area contributed by atoms with Crippen LogP contribution in [-0.4, -0.2) is 0 Å². The molecule has 0 aromatic heterocycles. The Hall–Kier alpha value is -0.630. The van der Waals surface area contributed by atoms with Crippen molar-refractivity contribution >= 4 is 47.8 Å². The summed E-state index contributed by atoms with van der Waals surface area (Å²) in [7, 11) is 0. The van der Waals surface area contributed by atoms with E-state index < -0.39 is 0 Å². The fourth-order valence-electron chi connectivity index (χ4n) is 1.74. The van der Waals surface area contributed by atoms with Gasteiger partial charge in [-0.25, -0.2) is 0 Å². The highest BCUT2D eigenvalue weighted by molar-refractivity contribution is 9.11. The molecular formula is C17H16Br3N. The average Bonchev–Trinajstić information content (AvgIpc) is 2.48. The van der Waals surface area contributed by atoms with Crippen LogP contribution >= 0.6 is 47.8 Å². The molecule has 0 spiro atoms. The predicted octanol–water partition coefficient (Wildman–Crippen LogP) is 6.48. The van der Waals surface area contributed by atoms with Crippen LogP contribution < -0.4 is 0 Å². The van der Waals surface area contributed by atoms with Crippen LogP contribution in [0.2, 0.25) is 0 Å². The number of benzene rings is 2. The first-order valence-electron chi connectivity index (χ1n) is 6.42. The Kier molecular flexibility index (Phi) is 8.24. The summed E-state index contributed by atoms with van der Waals surface area (Å²) in [5.41, 5.74) is 4.84. The molecule has 0 bridgehead atoms. The van der Waals surface area contributed by atoms with Gasteiger partial charge in [0.25, 0.3) is 0 Å². The van der Waals surface area contributed by atoms with Gasteiger partial charge in [-0.2, -0.15) is 5.26 Å². The van der Waals surface area contributed by atoms with Crippen molar-refractivity contribution in [3.05, 3.63) is 67.6 Å². The van der Waals surface area contributed by atoms with Gasteiger partial charge in [0.2, 0.25) is 0 Å². The number of aryl methyl sites for hydroxylation is 2. The van der Waals surface area contributed by atoms with E-state index >= 15 is 0 Å². The van der Waals surface area contributed by atoms with Crippen molar-refractivity contribution in [2.45, 2.75) is 25.6 Å². The zero-order chi connectivity index (χ0) is 15.8. The van der Waals surface area contributed by atoms with Crippen LogP contribution in [0.5, 0.6) is 0 Å². The Morgan fingerprint density at radius 3 is 1.81 bits per heavy atom. The zero-order valence-corrected chi connectivity index (χ0v) is 16.7. The molecule has 2 aromatic carbocycles. The minimum absolute atomic E-state index is 0.474. The van der Waals surface area contributed by atoms with E-state index in [0.29, 0.717) is 6.42 Å². The molecule has 0 aliphatic rings. The summed E-state index contributed by atoms with van der Waals surface area (Å²) in [6.45, 7) is 4.11. The second-order valence-corrected chi connectivity index (χ2v) is 6.71. The van der Waals surface area contributed by atoms with Crippen molar-refractivity contribution in [3.8, 4) is 6.07 Å². The normalized spacial score (nSPS) is 9.52. The van der Waals surface area contributed by atoms with Gasteiger partial charge in [0.05, 0.1) is 12.5 Å². The molecule has 0 aliphatic heterocycles. The maximum absolute atomic E-state index is 8.46. The first-order chi connectivity index (χ1) is 10.0. The number of rotatable bonds is 2. The summed E-state index contributed by atoms with van der Waals surface area (Å²) >= 11 is 10.4. The summed E-state index contributed by atoms with van der Waals surface area (Å²) in [5, 5.41) is 9.38. The molecule has 4 heteroatoms. The van der Waals surface area contributed by atoms with Crippen molar-refractivity contribution in [2.24, 2.45) is 0 Å². The Morgan fingerprint density at radius 2 is 1.38 bits per heavy atom. The van der Waals surface area contributed by atoms with Crippen molar-refractivity contribution in [2.75, 3.05) is 0 Å². The SMILES string of the molecule is Cc1cccc(CBr)c1Br.Cc1cccc(CC#N)c1Br.